The summed E-state index contributed by atoms with van der Waals surface area (Å²) in [5, 5.41) is 0. The second-order valence-corrected chi connectivity index (χ2v) is 12.0. The summed E-state index contributed by atoms with van der Waals surface area (Å²) >= 11 is 0. The monoisotopic (exact) mass is 416 g/mol. The normalized spacial score (nSPS) is 22.9. The first-order valence-corrected chi connectivity index (χ1v) is 13.3. The fraction of sp³-hybridized carbons (Fsp3) is 0.632. The first kappa shape index (κ1) is 21.9. The van der Waals surface area contributed by atoms with Crippen LogP contribution in [0.15, 0.2) is 24.3 Å². The molecule has 0 fully saturated rings. The average molecular weight is 417 g/mol. The van der Waals surface area contributed by atoms with Gasteiger partial charge in [-0.05, 0) is 25.3 Å². The second-order valence-electron chi connectivity index (χ2n) is 7.45. The number of ketones is 1. The maximum absolute atomic E-state index is 13.4. The number of benzene rings is 1. The molecule has 0 bridgehead atoms. The van der Waals surface area contributed by atoms with Gasteiger partial charge in [0.25, 0.3) is 0 Å². The van der Waals surface area contributed by atoms with Crippen molar-refractivity contribution in [3.05, 3.63) is 29.8 Å². The van der Waals surface area contributed by atoms with Crippen molar-refractivity contribution in [2.24, 2.45) is 0 Å². The van der Waals surface area contributed by atoms with Gasteiger partial charge in [0, 0.05) is 24.5 Å². The summed E-state index contributed by atoms with van der Waals surface area (Å²) in [5.74, 6) is -0.528. The smallest absolute Gasteiger partial charge is 0.183 e. The van der Waals surface area contributed by atoms with Gasteiger partial charge in [-0.2, -0.15) is 0 Å². The van der Waals surface area contributed by atoms with Crippen molar-refractivity contribution in [1.29, 1.82) is 0 Å². The number of ether oxygens (including phenoxy) is 1. The topological polar surface area (TPSA) is 94.6 Å². The van der Waals surface area contributed by atoms with Crippen molar-refractivity contribution in [1.82, 2.24) is 0 Å². The van der Waals surface area contributed by atoms with Crippen LogP contribution in [0, 0.1) is 0 Å². The van der Waals surface area contributed by atoms with Crippen molar-refractivity contribution in [3.8, 4) is 5.75 Å². The Hall–Kier alpha value is -1.41. The lowest BCUT2D eigenvalue weighted by atomic mass is 9.76. The molecule has 0 radical (unpaired) electrons. The largest absolute Gasteiger partial charge is 0.479 e. The molecule has 2 unspecified atom stereocenters. The van der Waals surface area contributed by atoms with Gasteiger partial charge in [-0.3, -0.25) is 4.79 Å². The molecule has 0 saturated heterocycles. The number of hydrogen-bond donors (Lipinski definition) is 0. The van der Waals surface area contributed by atoms with Crippen molar-refractivity contribution in [2.75, 3.05) is 24.0 Å². The molecule has 8 heteroatoms. The zero-order valence-electron chi connectivity index (χ0n) is 16.1. The summed E-state index contributed by atoms with van der Waals surface area (Å²) in [7, 11) is -6.50. The van der Waals surface area contributed by atoms with Gasteiger partial charge in [-0.25, -0.2) is 16.8 Å². The van der Waals surface area contributed by atoms with E-state index in [0.717, 1.165) is 25.4 Å². The molecule has 0 N–H and O–H groups in total. The number of unbranched alkanes of at least 4 members (excludes halogenated alkanes) is 1. The number of carbonyl (C=O) groups excluding carboxylic acids is 1. The van der Waals surface area contributed by atoms with Crippen LogP contribution in [-0.2, 0) is 24.5 Å². The molecule has 2 atom stereocenters. The molecular formula is C19H28O6S2. The number of fused-ring (bicyclic) bond motifs is 1. The van der Waals surface area contributed by atoms with E-state index in [-0.39, 0.29) is 30.1 Å². The van der Waals surface area contributed by atoms with Crippen molar-refractivity contribution < 1.29 is 26.4 Å². The molecule has 152 valence electrons. The molecular weight excluding hydrogens is 388 g/mol. The van der Waals surface area contributed by atoms with Gasteiger partial charge >= 0.3 is 0 Å². The van der Waals surface area contributed by atoms with Crippen molar-refractivity contribution in [3.63, 3.8) is 0 Å². The highest BCUT2D eigenvalue weighted by Gasteiger charge is 2.48. The van der Waals surface area contributed by atoms with E-state index in [1.807, 2.05) is 6.92 Å². The van der Waals surface area contributed by atoms with E-state index in [2.05, 4.69) is 0 Å². The van der Waals surface area contributed by atoms with Crippen LogP contribution in [0.1, 0.15) is 50.5 Å². The standard InChI is InChI=1S/C19H28O6S2/c1-4-5-11-19(12-14-27(3,23)24)18(20)16(10-13-26(2,21)22)15-8-6-7-9-17(15)25-19/h6-9,16H,4-5,10-14H2,1-3H3. The molecule has 2 rings (SSSR count). The lowest BCUT2D eigenvalue weighted by Gasteiger charge is -2.41. The van der Waals surface area contributed by atoms with E-state index in [0.29, 0.717) is 17.7 Å². The minimum atomic E-state index is -3.27. The summed E-state index contributed by atoms with van der Waals surface area (Å²) in [6, 6.07) is 7.12. The maximum atomic E-state index is 13.4. The van der Waals surface area contributed by atoms with Gasteiger partial charge < -0.3 is 4.74 Å². The third kappa shape index (κ3) is 5.78. The molecule has 0 aliphatic carbocycles. The van der Waals surface area contributed by atoms with Crippen LogP contribution in [0.3, 0.4) is 0 Å². The number of carbonyl (C=O) groups is 1. The Labute approximate surface area is 162 Å². The zero-order chi connectivity index (χ0) is 20.3. The average Bonchev–Trinajstić information content (AvgIpc) is 2.56. The lowest BCUT2D eigenvalue weighted by molar-refractivity contribution is -0.139. The highest BCUT2D eigenvalue weighted by atomic mass is 32.2. The summed E-state index contributed by atoms with van der Waals surface area (Å²) in [5.41, 5.74) is -0.548. The number of para-hydroxylation sites is 1. The summed E-state index contributed by atoms with van der Waals surface area (Å²) in [6.07, 6.45) is 4.52. The Bertz CT molecular complexity index is 889. The fourth-order valence-electron chi connectivity index (χ4n) is 3.49. The molecule has 1 aliphatic heterocycles. The maximum Gasteiger partial charge on any atom is 0.183 e. The highest BCUT2D eigenvalue weighted by molar-refractivity contribution is 7.90. The van der Waals surface area contributed by atoms with Gasteiger partial charge in [0.05, 0.1) is 17.4 Å². The van der Waals surface area contributed by atoms with Crippen molar-refractivity contribution >= 4 is 25.5 Å². The number of sulfone groups is 2. The zero-order valence-corrected chi connectivity index (χ0v) is 17.7. The molecule has 1 heterocycles. The van der Waals surface area contributed by atoms with Crippen LogP contribution < -0.4 is 4.74 Å². The van der Waals surface area contributed by atoms with E-state index in [1.165, 1.54) is 0 Å². The molecule has 27 heavy (non-hydrogen) atoms. The van der Waals surface area contributed by atoms with Crippen LogP contribution in [0.5, 0.6) is 5.75 Å². The SMILES string of the molecule is CCCCC1(CCS(C)(=O)=O)Oc2ccccc2C(CCS(C)(=O)=O)C1=O. The van der Waals surface area contributed by atoms with E-state index >= 15 is 0 Å². The number of hydrogen-bond acceptors (Lipinski definition) is 6. The molecule has 0 spiro atoms. The predicted molar refractivity (Wildman–Crippen MR) is 106 cm³/mol. The Balaban J connectivity index is 2.45. The van der Waals surface area contributed by atoms with Crippen LogP contribution >= 0.6 is 0 Å². The van der Waals surface area contributed by atoms with E-state index in [9.17, 15) is 21.6 Å². The molecule has 6 nitrogen and oxygen atoms in total. The second kappa shape index (κ2) is 8.31. The third-order valence-electron chi connectivity index (χ3n) is 4.95. The van der Waals surface area contributed by atoms with Gasteiger partial charge in [0.1, 0.15) is 25.4 Å². The molecule has 1 aromatic rings. The molecule has 0 amide bonds. The Morgan fingerprint density at radius 2 is 1.63 bits per heavy atom. The van der Waals surface area contributed by atoms with E-state index in [1.54, 1.807) is 24.3 Å². The van der Waals surface area contributed by atoms with E-state index < -0.39 is 31.2 Å². The van der Waals surface area contributed by atoms with Gasteiger partial charge in [0.2, 0.25) is 0 Å². The number of rotatable bonds is 9. The number of Topliss-reactive ketones (excluding diaryl/α,β-unsaturated/α-hetero) is 1. The van der Waals surface area contributed by atoms with Crippen LogP contribution in [0.2, 0.25) is 0 Å². The van der Waals surface area contributed by atoms with E-state index in [4.69, 9.17) is 4.74 Å². The van der Waals surface area contributed by atoms with Gasteiger partial charge in [-0.15, -0.1) is 0 Å². The Kier molecular flexibility index (Phi) is 6.73. The minimum absolute atomic E-state index is 0.0778. The molecule has 0 aromatic heterocycles. The van der Waals surface area contributed by atoms with Gasteiger partial charge in [0.15, 0.2) is 11.4 Å². The Morgan fingerprint density at radius 1 is 1.00 bits per heavy atom. The van der Waals surface area contributed by atoms with Crippen molar-refractivity contribution in [2.45, 2.75) is 50.5 Å². The first-order chi connectivity index (χ1) is 12.5. The quantitative estimate of drug-likeness (QED) is 0.614. The third-order valence-corrected chi connectivity index (χ3v) is 6.88. The first-order valence-electron chi connectivity index (χ1n) is 9.15. The fourth-order valence-corrected chi connectivity index (χ4v) is 4.85. The Morgan fingerprint density at radius 3 is 2.22 bits per heavy atom. The van der Waals surface area contributed by atoms with Crippen LogP contribution in [0.4, 0.5) is 0 Å². The van der Waals surface area contributed by atoms with Crippen LogP contribution in [0.25, 0.3) is 0 Å². The summed E-state index contributed by atoms with van der Waals surface area (Å²) < 4.78 is 52.9. The van der Waals surface area contributed by atoms with Crippen LogP contribution in [-0.4, -0.2) is 52.2 Å². The highest BCUT2D eigenvalue weighted by Crippen LogP contribution is 2.43. The summed E-state index contributed by atoms with van der Waals surface area (Å²) in [6.45, 7) is 1.99. The summed E-state index contributed by atoms with van der Waals surface area (Å²) in [4.78, 5) is 13.4. The minimum Gasteiger partial charge on any atom is -0.479 e. The van der Waals surface area contributed by atoms with Gasteiger partial charge in [-0.1, -0.05) is 31.5 Å². The predicted octanol–water partition coefficient (Wildman–Crippen LogP) is 2.53. The molecule has 1 aromatic carbocycles. The molecule has 0 saturated carbocycles. The lowest BCUT2D eigenvalue weighted by Crippen LogP contribution is -2.51. The molecule has 1 aliphatic rings.